The quantitative estimate of drug-likeness (QED) is 0.599. The van der Waals surface area contributed by atoms with Gasteiger partial charge in [-0.05, 0) is 30.3 Å². The highest BCUT2D eigenvalue weighted by atomic mass is 32.1. The number of nitrogens with zero attached hydrogens (tertiary/aromatic N) is 3. The van der Waals surface area contributed by atoms with Crippen LogP contribution < -0.4 is 15.4 Å². The van der Waals surface area contributed by atoms with Crippen LogP contribution >= 0.6 is 11.3 Å². The number of rotatable bonds is 5. The molecule has 2 N–H and O–H groups in total. The van der Waals surface area contributed by atoms with Crippen molar-refractivity contribution in [2.24, 2.45) is 0 Å². The lowest BCUT2D eigenvalue weighted by Crippen LogP contribution is -2.30. The van der Waals surface area contributed by atoms with Crippen LogP contribution in [0.1, 0.15) is 35.4 Å². The van der Waals surface area contributed by atoms with E-state index in [0.717, 1.165) is 29.0 Å². The number of nitrogens with one attached hydrogen (secondary N) is 2. The molecule has 154 valence electrons. The Morgan fingerprint density at radius 3 is 2.83 bits per heavy atom. The summed E-state index contributed by atoms with van der Waals surface area (Å²) in [5.41, 5.74) is 2.79. The zero-order valence-corrected chi connectivity index (χ0v) is 17.2. The summed E-state index contributed by atoms with van der Waals surface area (Å²) in [7, 11) is 1.29. The van der Waals surface area contributed by atoms with E-state index in [0.29, 0.717) is 17.6 Å². The minimum absolute atomic E-state index is 0.0716. The predicted octanol–water partition coefficient (Wildman–Crippen LogP) is 3.09. The fourth-order valence-corrected chi connectivity index (χ4v) is 3.86. The van der Waals surface area contributed by atoms with Gasteiger partial charge in [-0.25, -0.2) is 9.78 Å². The van der Waals surface area contributed by atoms with Gasteiger partial charge in [-0.2, -0.15) is 0 Å². The minimum Gasteiger partial charge on any atom is -0.493 e. The Kier molecular flexibility index (Phi) is 5.57. The maximum absolute atomic E-state index is 11.5. The summed E-state index contributed by atoms with van der Waals surface area (Å²) in [4.78, 5) is 27.6. The van der Waals surface area contributed by atoms with Gasteiger partial charge in [0.15, 0.2) is 16.6 Å². The number of carbonyl (C=O) groups excluding carboxylic acids is 2. The van der Waals surface area contributed by atoms with E-state index in [4.69, 9.17) is 4.74 Å². The summed E-state index contributed by atoms with van der Waals surface area (Å²) in [5, 5.41) is 16.4. The second kappa shape index (κ2) is 8.46. The standard InChI is InChI=1S/C20H19N5O4S/c1-11(26)21-14-7-8-29-17-5-3-12(9-13(14)17)16-10-30-20(22-16)23-18-6-4-15(24-25-18)19(27)28-2/h3-6,9-10,14H,7-8H2,1-2H3,(H,21,26)(H,22,23,25). The zero-order valence-electron chi connectivity index (χ0n) is 16.3. The fraction of sp³-hybridized carbons (Fsp3) is 0.250. The molecule has 1 aliphatic rings. The molecule has 1 aromatic carbocycles. The molecule has 0 saturated carbocycles. The number of anilines is 2. The molecule has 1 unspecified atom stereocenters. The van der Waals surface area contributed by atoms with Crippen LogP contribution in [0.5, 0.6) is 5.75 Å². The lowest BCUT2D eigenvalue weighted by Gasteiger charge is -2.26. The van der Waals surface area contributed by atoms with Gasteiger partial charge in [0.2, 0.25) is 5.91 Å². The van der Waals surface area contributed by atoms with Crippen LogP contribution in [0.2, 0.25) is 0 Å². The summed E-state index contributed by atoms with van der Waals surface area (Å²) in [5.74, 6) is 0.628. The Bertz CT molecular complexity index is 1080. The Morgan fingerprint density at radius 1 is 1.23 bits per heavy atom. The molecule has 3 aromatic rings. The van der Waals surface area contributed by atoms with Crippen LogP contribution in [0.25, 0.3) is 11.3 Å². The average molecular weight is 425 g/mol. The topological polar surface area (TPSA) is 115 Å². The monoisotopic (exact) mass is 425 g/mol. The number of aromatic nitrogens is 3. The van der Waals surface area contributed by atoms with E-state index in [2.05, 4.69) is 30.6 Å². The molecule has 0 aliphatic carbocycles. The third-order valence-electron chi connectivity index (χ3n) is 4.52. The van der Waals surface area contributed by atoms with Crippen molar-refractivity contribution >= 4 is 34.2 Å². The molecule has 30 heavy (non-hydrogen) atoms. The van der Waals surface area contributed by atoms with Crippen molar-refractivity contribution in [3.63, 3.8) is 0 Å². The summed E-state index contributed by atoms with van der Waals surface area (Å²) in [6, 6.07) is 8.93. The summed E-state index contributed by atoms with van der Waals surface area (Å²) in [6.45, 7) is 2.08. The zero-order chi connectivity index (χ0) is 21.1. The van der Waals surface area contributed by atoms with Crippen molar-refractivity contribution in [3.8, 4) is 17.0 Å². The van der Waals surface area contributed by atoms with Crippen molar-refractivity contribution in [3.05, 3.63) is 47.0 Å². The molecule has 0 bridgehead atoms. The molecular weight excluding hydrogens is 406 g/mol. The van der Waals surface area contributed by atoms with Crippen molar-refractivity contribution in [1.29, 1.82) is 0 Å². The number of esters is 1. The first-order valence-corrected chi connectivity index (χ1v) is 10.1. The van der Waals surface area contributed by atoms with E-state index in [1.54, 1.807) is 6.07 Å². The molecule has 2 aromatic heterocycles. The highest BCUT2D eigenvalue weighted by Crippen LogP contribution is 2.36. The van der Waals surface area contributed by atoms with E-state index in [-0.39, 0.29) is 17.6 Å². The van der Waals surface area contributed by atoms with Gasteiger partial charge in [0.25, 0.3) is 0 Å². The molecular formula is C20H19N5O4S. The van der Waals surface area contributed by atoms with Gasteiger partial charge in [-0.15, -0.1) is 21.5 Å². The fourth-order valence-electron chi connectivity index (χ4n) is 3.13. The number of benzene rings is 1. The first-order valence-electron chi connectivity index (χ1n) is 9.22. The lowest BCUT2D eigenvalue weighted by molar-refractivity contribution is -0.119. The van der Waals surface area contributed by atoms with Gasteiger partial charge >= 0.3 is 5.97 Å². The number of hydrogen-bond donors (Lipinski definition) is 2. The Hall–Kier alpha value is -3.53. The number of amides is 1. The smallest absolute Gasteiger partial charge is 0.358 e. The number of ether oxygens (including phenoxy) is 2. The van der Waals surface area contributed by atoms with Crippen molar-refractivity contribution in [2.45, 2.75) is 19.4 Å². The minimum atomic E-state index is -0.542. The number of carbonyl (C=O) groups is 2. The van der Waals surface area contributed by atoms with Crippen LogP contribution in [0.15, 0.2) is 35.7 Å². The maximum Gasteiger partial charge on any atom is 0.358 e. The molecule has 0 radical (unpaired) electrons. The Balaban J connectivity index is 1.53. The lowest BCUT2D eigenvalue weighted by atomic mass is 9.97. The van der Waals surface area contributed by atoms with E-state index in [1.165, 1.54) is 31.4 Å². The highest BCUT2D eigenvalue weighted by molar-refractivity contribution is 7.14. The van der Waals surface area contributed by atoms with E-state index < -0.39 is 5.97 Å². The highest BCUT2D eigenvalue weighted by Gasteiger charge is 2.23. The molecule has 4 rings (SSSR count). The van der Waals surface area contributed by atoms with Gasteiger partial charge < -0.3 is 20.1 Å². The summed E-state index contributed by atoms with van der Waals surface area (Å²) in [6.07, 6.45) is 0.722. The molecule has 0 saturated heterocycles. The van der Waals surface area contributed by atoms with Crippen molar-refractivity contribution in [2.75, 3.05) is 19.0 Å². The van der Waals surface area contributed by atoms with Gasteiger partial charge in [0.1, 0.15) is 5.75 Å². The average Bonchev–Trinajstić information content (AvgIpc) is 3.22. The molecule has 3 heterocycles. The molecule has 10 heteroatoms. The van der Waals surface area contributed by atoms with Crippen LogP contribution in [-0.4, -0.2) is 40.8 Å². The summed E-state index contributed by atoms with van der Waals surface area (Å²) >= 11 is 1.42. The van der Waals surface area contributed by atoms with Gasteiger partial charge in [0.05, 0.1) is 25.5 Å². The van der Waals surface area contributed by atoms with E-state index >= 15 is 0 Å². The van der Waals surface area contributed by atoms with Gasteiger partial charge in [0, 0.05) is 29.9 Å². The second-order valence-electron chi connectivity index (χ2n) is 6.60. The number of thiazole rings is 1. The van der Waals surface area contributed by atoms with Crippen LogP contribution in [0.3, 0.4) is 0 Å². The first-order chi connectivity index (χ1) is 14.5. The number of methoxy groups -OCH3 is 1. The van der Waals surface area contributed by atoms with Crippen LogP contribution in [0.4, 0.5) is 10.9 Å². The Morgan fingerprint density at radius 2 is 2.10 bits per heavy atom. The maximum atomic E-state index is 11.5. The van der Waals surface area contributed by atoms with Crippen LogP contribution in [0, 0.1) is 0 Å². The molecule has 1 atom stereocenters. The molecule has 1 aliphatic heterocycles. The summed E-state index contributed by atoms with van der Waals surface area (Å²) < 4.78 is 10.3. The molecule has 0 fully saturated rings. The number of hydrogen-bond acceptors (Lipinski definition) is 9. The van der Waals surface area contributed by atoms with Crippen molar-refractivity contribution in [1.82, 2.24) is 20.5 Å². The SMILES string of the molecule is COC(=O)c1ccc(Nc2nc(-c3ccc4c(c3)C(NC(C)=O)CCO4)cs2)nn1. The van der Waals surface area contributed by atoms with E-state index in [9.17, 15) is 9.59 Å². The molecule has 9 nitrogen and oxygen atoms in total. The third kappa shape index (κ3) is 4.23. The molecule has 0 spiro atoms. The van der Waals surface area contributed by atoms with Gasteiger partial charge in [-0.3, -0.25) is 4.79 Å². The molecule has 1 amide bonds. The first kappa shape index (κ1) is 19.8. The predicted molar refractivity (Wildman–Crippen MR) is 111 cm³/mol. The second-order valence-corrected chi connectivity index (χ2v) is 7.46. The largest absolute Gasteiger partial charge is 0.493 e. The number of fused-ring (bicyclic) bond motifs is 1. The third-order valence-corrected chi connectivity index (χ3v) is 5.28. The Labute approximate surface area is 176 Å². The van der Waals surface area contributed by atoms with Crippen LogP contribution in [-0.2, 0) is 9.53 Å². The normalized spacial score (nSPS) is 14.9. The van der Waals surface area contributed by atoms with E-state index in [1.807, 2.05) is 23.6 Å². The van der Waals surface area contributed by atoms with Crippen molar-refractivity contribution < 1.29 is 19.1 Å². The van der Waals surface area contributed by atoms with Gasteiger partial charge in [-0.1, -0.05) is 0 Å².